The predicted octanol–water partition coefficient (Wildman–Crippen LogP) is 0.00110. The van der Waals surface area contributed by atoms with Crippen LogP contribution in [0.15, 0.2) is 47.7 Å². The molecule has 1 atom stereocenters. The number of amidine groups is 1. The molecule has 0 bridgehead atoms. The zero-order chi connectivity index (χ0) is 21.0. The van der Waals surface area contributed by atoms with Gasteiger partial charge >= 0.3 is 0 Å². The SMILES string of the molecule is O=S1CCN(N2c3nccnc3C(=NCc3ccccc3)NC2N2CCNCC2)CC1. The largest absolute Gasteiger partial charge is 0.335 e. The molecule has 3 aliphatic heterocycles. The third-order valence-electron chi connectivity index (χ3n) is 5.84. The van der Waals surface area contributed by atoms with Crippen molar-refractivity contribution in [2.75, 3.05) is 55.8 Å². The van der Waals surface area contributed by atoms with E-state index in [1.807, 2.05) is 18.2 Å². The molecule has 31 heavy (non-hydrogen) atoms. The Bertz CT molecular complexity index is 939. The molecule has 1 aromatic carbocycles. The van der Waals surface area contributed by atoms with Gasteiger partial charge < -0.3 is 10.6 Å². The summed E-state index contributed by atoms with van der Waals surface area (Å²) in [5.74, 6) is 2.93. The van der Waals surface area contributed by atoms with Gasteiger partial charge in [0.25, 0.3) is 0 Å². The van der Waals surface area contributed by atoms with Crippen molar-refractivity contribution in [1.82, 2.24) is 30.5 Å². The van der Waals surface area contributed by atoms with Crippen molar-refractivity contribution in [3.63, 3.8) is 0 Å². The van der Waals surface area contributed by atoms with E-state index in [-0.39, 0.29) is 6.29 Å². The first-order valence-corrected chi connectivity index (χ1v) is 12.3. The van der Waals surface area contributed by atoms with E-state index in [1.54, 1.807) is 12.4 Å². The van der Waals surface area contributed by atoms with E-state index >= 15 is 0 Å². The number of aliphatic imine (C=N–C) groups is 1. The highest BCUT2D eigenvalue weighted by atomic mass is 32.2. The molecule has 0 saturated carbocycles. The minimum absolute atomic E-state index is 0.104. The topological polar surface area (TPSA) is 89.0 Å². The Morgan fingerprint density at radius 1 is 1.03 bits per heavy atom. The summed E-state index contributed by atoms with van der Waals surface area (Å²) in [6.07, 6.45) is 3.35. The van der Waals surface area contributed by atoms with Crippen molar-refractivity contribution in [3.05, 3.63) is 54.0 Å². The first-order valence-electron chi connectivity index (χ1n) is 10.8. The lowest BCUT2D eigenvalue weighted by atomic mass is 10.2. The average molecular weight is 441 g/mol. The fourth-order valence-corrected chi connectivity index (χ4v) is 5.25. The number of aromatic nitrogens is 2. The van der Waals surface area contributed by atoms with E-state index < -0.39 is 10.8 Å². The molecule has 9 nitrogen and oxygen atoms in total. The van der Waals surface area contributed by atoms with Crippen LogP contribution in [0.1, 0.15) is 11.3 Å². The molecule has 10 heteroatoms. The Morgan fingerprint density at radius 3 is 2.55 bits per heavy atom. The zero-order valence-electron chi connectivity index (χ0n) is 17.5. The molecule has 164 valence electrons. The van der Waals surface area contributed by atoms with E-state index in [1.165, 1.54) is 0 Å². The first-order chi connectivity index (χ1) is 15.3. The van der Waals surface area contributed by atoms with Crippen LogP contribution in [0.2, 0.25) is 0 Å². The van der Waals surface area contributed by atoms with Gasteiger partial charge in [0.05, 0.1) is 6.54 Å². The molecule has 2 aromatic rings. The van der Waals surface area contributed by atoms with Crippen LogP contribution >= 0.6 is 0 Å². The van der Waals surface area contributed by atoms with E-state index in [9.17, 15) is 4.21 Å². The average Bonchev–Trinajstić information content (AvgIpc) is 2.84. The van der Waals surface area contributed by atoms with Gasteiger partial charge in [-0.1, -0.05) is 30.3 Å². The molecule has 0 amide bonds. The van der Waals surface area contributed by atoms with Crippen molar-refractivity contribution >= 4 is 22.5 Å². The fourth-order valence-electron chi connectivity index (χ4n) is 4.21. The number of anilines is 1. The summed E-state index contributed by atoms with van der Waals surface area (Å²) in [7, 11) is -0.742. The molecule has 2 saturated heterocycles. The van der Waals surface area contributed by atoms with Gasteiger partial charge in [0.1, 0.15) is 5.69 Å². The second-order valence-corrected chi connectivity index (χ2v) is 9.53. The lowest BCUT2D eigenvalue weighted by molar-refractivity contribution is 0.0947. The van der Waals surface area contributed by atoms with E-state index in [0.717, 1.165) is 62.2 Å². The molecule has 0 aliphatic carbocycles. The van der Waals surface area contributed by atoms with Gasteiger partial charge in [0.2, 0.25) is 0 Å². The summed E-state index contributed by atoms with van der Waals surface area (Å²) in [5, 5.41) is 11.6. The van der Waals surface area contributed by atoms with Crippen molar-refractivity contribution < 1.29 is 4.21 Å². The Balaban J connectivity index is 1.51. The fraction of sp³-hybridized carbons (Fsp3) is 0.476. The maximum atomic E-state index is 12.0. The molecular weight excluding hydrogens is 412 g/mol. The number of rotatable bonds is 4. The van der Waals surface area contributed by atoms with Gasteiger partial charge in [-0.3, -0.25) is 19.1 Å². The van der Waals surface area contributed by atoms with Crippen LogP contribution in [0.25, 0.3) is 0 Å². The van der Waals surface area contributed by atoms with Crippen molar-refractivity contribution in [2.45, 2.75) is 12.8 Å². The molecular formula is C21H28N8OS. The van der Waals surface area contributed by atoms with Crippen LogP contribution < -0.4 is 15.6 Å². The van der Waals surface area contributed by atoms with Crippen molar-refractivity contribution in [1.29, 1.82) is 0 Å². The normalized spacial score (nSPS) is 24.7. The molecule has 0 spiro atoms. The summed E-state index contributed by atoms with van der Waals surface area (Å²) in [4.78, 5) is 16.7. The quantitative estimate of drug-likeness (QED) is 0.687. The maximum Gasteiger partial charge on any atom is 0.176 e. The van der Waals surface area contributed by atoms with Crippen LogP contribution in [0.3, 0.4) is 0 Å². The van der Waals surface area contributed by atoms with Crippen LogP contribution in [-0.2, 0) is 17.3 Å². The monoisotopic (exact) mass is 440 g/mol. The second kappa shape index (κ2) is 9.39. The summed E-state index contributed by atoms with van der Waals surface area (Å²) in [6.45, 7) is 5.80. The van der Waals surface area contributed by atoms with Gasteiger partial charge in [0.15, 0.2) is 17.9 Å². The third kappa shape index (κ3) is 4.47. The Hall–Kier alpha value is -2.40. The van der Waals surface area contributed by atoms with E-state index in [2.05, 4.69) is 42.7 Å². The molecule has 1 aromatic heterocycles. The molecule has 4 heterocycles. The van der Waals surface area contributed by atoms with Gasteiger partial charge in [-0.2, -0.15) is 0 Å². The molecule has 3 aliphatic rings. The highest BCUT2D eigenvalue weighted by Crippen LogP contribution is 2.27. The first kappa shape index (κ1) is 20.5. The number of hydrogen-bond acceptors (Lipinski definition) is 8. The summed E-state index contributed by atoms with van der Waals surface area (Å²) < 4.78 is 12.0. The number of fused-ring (bicyclic) bond motifs is 1. The van der Waals surface area contributed by atoms with Crippen molar-refractivity contribution in [2.24, 2.45) is 4.99 Å². The highest BCUT2D eigenvalue weighted by Gasteiger charge is 2.39. The minimum atomic E-state index is -0.742. The molecule has 2 N–H and O–H groups in total. The predicted molar refractivity (Wildman–Crippen MR) is 122 cm³/mol. The van der Waals surface area contributed by atoms with Gasteiger partial charge in [0, 0.05) is 74.0 Å². The Morgan fingerprint density at radius 2 is 1.77 bits per heavy atom. The van der Waals surface area contributed by atoms with Gasteiger partial charge in [-0.25, -0.2) is 15.0 Å². The Kier molecular flexibility index (Phi) is 6.21. The zero-order valence-corrected chi connectivity index (χ0v) is 18.3. The van der Waals surface area contributed by atoms with Crippen LogP contribution in [-0.4, -0.2) is 87.0 Å². The van der Waals surface area contributed by atoms with Crippen LogP contribution in [0, 0.1) is 0 Å². The highest BCUT2D eigenvalue weighted by molar-refractivity contribution is 7.85. The maximum absolute atomic E-state index is 12.0. The number of nitrogens with one attached hydrogen (secondary N) is 2. The third-order valence-corrected chi connectivity index (χ3v) is 7.11. The van der Waals surface area contributed by atoms with Gasteiger partial charge in [-0.15, -0.1) is 0 Å². The Labute approximate surface area is 185 Å². The summed E-state index contributed by atoms with van der Waals surface area (Å²) >= 11 is 0. The minimum Gasteiger partial charge on any atom is -0.335 e. The lowest BCUT2D eigenvalue weighted by Gasteiger charge is -2.50. The van der Waals surface area contributed by atoms with Crippen LogP contribution in [0.4, 0.5) is 5.82 Å². The number of nitrogens with zero attached hydrogens (tertiary/aromatic N) is 6. The molecule has 5 rings (SSSR count). The smallest absolute Gasteiger partial charge is 0.176 e. The number of hydrazine groups is 1. The molecule has 1 unspecified atom stereocenters. The van der Waals surface area contributed by atoms with E-state index in [0.29, 0.717) is 18.1 Å². The molecule has 0 radical (unpaired) electrons. The second-order valence-electron chi connectivity index (χ2n) is 7.83. The number of benzene rings is 1. The number of piperazine rings is 1. The standard InChI is InChI=1S/C21H28N8OS/c30-31-14-12-28(13-15-31)29-20-18(23-6-7-24-20)19(25-16-17-4-2-1-3-5-17)26-21(29)27-10-8-22-9-11-27/h1-7,21-22H,8-16H2,(H,25,26). The van der Waals surface area contributed by atoms with Crippen molar-refractivity contribution in [3.8, 4) is 0 Å². The van der Waals surface area contributed by atoms with Crippen LogP contribution in [0.5, 0.6) is 0 Å². The lowest BCUT2D eigenvalue weighted by Crippen LogP contribution is -2.70. The number of hydrogen-bond donors (Lipinski definition) is 2. The summed E-state index contributed by atoms with van der Waals surface area (Å²) in [6, 6.07) is 10.2. The van der Waals surface area contributed by atoms with E-state index in [4.69, 9.17) is 9.98 Å². The molecule has 2 fully saturated rings. The van der Waals surface area contributed by atoms with Gasteiger partial charge in [-0.05, 0) is 5.56 Å². The summed E-state index contributed by atoms with van der Waals surface area (Å²) in [5.41, 5.74) is 1.92.